The number of aromatic nitrogens is 2. The second-order valence-electron chi connectivity index (χ2n) is 4.12. The fourth-order valence-corrected chi connectivity index (χ4v) is 1.80. The van der Waals surface area contributed by atoms with Gasteiger partial charge in [-0.05, 0) is 26.0 Å². The highest BCUT2D eigenvalue weighted by atomic mass is 16.5. The summed E-state index contributed by atoms with van der Waals surface area (Å²) < 4.78 is 7.69. The molecule has 4 nitrogen and oxygen atoms in total. The lowest BCUT2D eigenvalue weighted by molar-refractivity contribution is 0.111. The van der Waals surface area contributed by atoms with Gasteiger partial charge in [-0.2, -0.15) is 0 Å². The summed E-state index contributed by atoms with van der Waals surface area (Å²) >= 11 is 0. The molecule has 1 aromatic heterocycles. The van der Waals surface area contributed by atoms with Gasteiger partial charge in [0.1, 0.15) is 12.4 Å². The molecule has 0 amide bonds. The van der Waals surface area contributed by atoms with Crippen LogP contribution in [0.15, 0.2) is 30.7 Å². The van der Waals surface area contributed by atoms with Crippen molar-refractivity contribution >= 4 is 6.29 Å². The van der Waals surface area contributed by atoms with Crippen molar-refractivity contribution in [3.63, 3.8) is 0 Å². The highest BCUT2D eigenvalue weighted by Crippen LogP contribution is 2.19. The standard InChI is InChI=1S/C14H16N2O2/c1-3-16-10-15-7-13(16)9-18-14-5-4-11(2)6-12(14)8-17/h4-8,10H,3,9H2,1-2H3. The van der Waals surface area contributed by atoms with Crippen molar-refractivity contribution in [3.05, 3.63) is 47.5 Å². The quantitative estimate of drug-likeness (QED) is 0.759. The molecule has 0 bridgehead atoms. The average Bonchev–Trinajstić information content (AvgIpc) is 2.84. The number of hydrogen-bond donors (Lipinski definition) is 0. The summed E-state index contributed by atoms with van der Waals surface area (Å²) in [6, 6.07) is 5.57. The van der Waals surface area contributed by atoms with E-state index < -0.39 is 0 Å². The molecule has 0 aliphatic heterocycles. The van der Waals surface area contributed by atoms with Crippen LogP contribution in [-0.2, 0) is 13.2 Å². The number of rotatable bonds is 5. The Balaban J connectivity index is 2.13. The summed E-state index contributed by atoms with van der Waals surface area (Å²) in [4.78, 5) is 15.0. The Kier molecular flexibility index (Phi) is 3.77. The molecule has 0 aliphatic rings. The predicted octanol–water partition coefficient (Wildman–Crippen LogP) is 2.60. The first kappa shape index (κ1) is 12.4. The van der Waals surface area contributed by atoms with E-state index in [1.807, 2.05) is 36.6 Å². The van der Waals surface area contributed by atoms with Gasteiger partial charge in [-0.1, -0.05) is 11.6 Å². The van der Waals surface area contributed by atoms with E-state index in [2.05, 4.69) is 4.98 Å². The van der Waals surface area contributed by atoms with Crippen molar-refractivity contribution in [3.8, 4) is 5.75 Å². The molecule has 0 fully saturated rings. The molecular formula is C14H16N2O2. The zero-order chi connectivity index (χ0) is 13.0. The van der Waals surface area contributed by atoms with Gasteiger partial charge in [-0.25, -0.2) is 4.98 Å². The van der Waals surface area contributed by atoms with Gasteiger partial charge in [0.05, 0.1) is 23.8 Å². The first-order chi connectivity index (χ1) is 8.74. The average molecular weight is 244 g/mol. The highest BCUT2D eigenvalue weighted by molar-refractivity contribution is 5.79. The minimum atomic E-state index is 0.414. The second kappa shape index (κ2) is 5.49. The third kappa shape index (κ3) is 2.59. The monoisotopic (exact) mass is 244 g/mol. The van der Waals surface area contributed by atoms with Crippen LogP contribution in [0.5, 0.6) is 5.75 Å². The van der Waals surface area contributed by atoms with Crippen molar-refractivity contribution in [2.75, 3.05) is 0 Å². The lowest BCUT2D eigenvalue weighted by atomic mass is 10.1. The number of carbonyl (C=O) groups is 1. The molecule has 0 atom stereocenters. The largest absolute Gasteiger partial charge is 0.487 e. The van der Waals surface area contributed by atoms with E-state index in [-0.39, 0.29) is 0 Å². The minimum Gasteiger partial charge on any atom is -0.487 e. The van der Waals surface area contributed by atoms with Crippen molar-refractivity contribution in [2.24, 2.45) is 0 Å². The molecular weight excluding hydrogens is 228 g/mol. The van der Waals surface area contributed by atoms with E-state index in [0.717, 1.165) is 24.1 Å². The lowest BCUT2D eigenvalue weighted by Crippen LogP contribution is -2.04. The van der Waals surface area contributed by atoms with Crippen LogP contribution in [0.25, 0.3) is 0 Å². The number of hydrogen-bond acceptors (Lipinski definition) is 3. The number of carbonyl (C=O) groups excluding carboxylic acids is 1. The molecule has 2 aromatic rings. The maximum Gasteiger partial charge on any atom is 0.153 e. The van der Waals surface area contributed by atoms with Gasteiger partial charge in [0.15, 0.2) is 6.29 Å². The van der Waals surface area contributed by atoms with Crippen molar-refractivity contribution in [1.82, 2.24) is 9.55 Å². The molecule has 94 valence electrons. The Morgan fingerprint density at radius 2 is 2.28 bits per heavy atom. The van der Waals surface area contributed by atoms with Crippen molar-refractivity contribution in [2.45, 2.75) is 27.0 Å². The summed E-state index contributed by atoms with van der Waals surface area (Å²) in [6.07, 6.45) is 4.37. The number of benzene rings is 1. The summed E-state index contributed by atoms with van der Waals surface area (Å²) in [5.41, 5.74) is 2.62. The van der Waals surface area contributed by atoms with Crippen LogP contribution in [0.2, 0.25) is 0 Å². The Morgan fingerprint density at radius 3 is 3.00 bits per heavy atom. The molecule has 0 spiro atoms. The molecule has 4 heteroatoms. The van der Waals surface area contributed by atoms with Crippen LogP contribution < -0.4 is 4.74 Å². The summed E-state index contributed by atoms with van der Waals surface area (Å²) in [7, 11) is 0. The van der Waals surface area contributed by atoms with Gasteiger partial charge in [0.2, 0.25) is 0 Å². The molecule has 0 unspecified atom stereocenters. The van der Waals surface area contributed by atoms with Crippen LogP contribution in [0.3, 0.4) is 0 Å². The predicted molar refractivity (Wildman–Crippen MR) is 68.8 cm³/mol. The Bertz CT molecular complexity index is 546. The Labute approximate surface area is 106 Å². The molecule has 2 rings (SSSR count). The molecule has 0 N–H and O–H groups in total. The smallest absolute Gasteiger partial charge is 0.153 e. The molecule has 0 aliphatic carbocycles. The van der Waals surface area contributed by atoms with Crippen LogP contribution in [-0.4, -0.2) is 15.8 Å². The molecule has 1 aromatic carbocycles. The number of ether oxygens (including phenoxy) is 1. The maximum atomic E-state index is 11.0. The molecule has 0 radical (unpaired) electrons. The molecule has 1 heterocycles. The van der Waals surface area contributed by atoms with Gasteiger partial charge < -0.3 is 9.30 Å². The highest BCUT2D eigenvalue weighted by Gasteiger charge is 2.05. The van der Waals surface area contributed by atoms with Gasteiger partial charge in [-0.3, -0.25) is 4.79 Å². The summed E-state index contributed by atoms with van der Waals surface area (Å²) in [5.74, 6) is 0.611. The number of aryl methyl sites for hydroxylation is 2. The first-order valence-corrected chi connectivity index (χ1v) is 5.92. The molecule has 0 saturated carbocycles. The number of imidazole rings is 1. The van der Waals surface area contributed by atoms with Crippen LogP contribution in [0.4, 0.5) is 0 Å². The van der Waals surface area contributed by atoms with Crippen molar-refractivity contribution in [1.29, 1.82) is 0 Å². The third-order valence-electron chi connectivity index (χ3n) is 2.81. The third-order valence-corrected chi connectivity index (χ3v) is 2.81. The summed E-state index contributed by atoms with van der Waals surface area (Å²) in [5, 5.41) is 0. The van der Waals surface area contributed by atoms with Crippen LogP contribution in [0.1, 0.15) is 28.5 Å². The first-order valence-electron chi connectivity index (χ1n) is 5.92. The van der Waals surface area contributed by atoms with E-state index in [1.165, 1.54) is 0 Å². The van der Waals surface area contributed by atoms with Gasteiger partial charge in [-0.15, -0.1) is 0 Å². The Morgan fingerprint density at radius 1 is 1.44 bits per heavy atom. The lowest BCUT2D eigenvalue weighted by Gasteiger charge is -2.10. The normalized spacial score (nSPS) is 10.3. The maximum absolute atomic E-state index is 11.0. The van der Waals surface area contributed by atoms with Crippen LogP contribution in [0, 0.1) is 6.92 Å². The Hall–Kier alpha value is -2.10. The van der Waals surface area contributed by atoms with Gasteiger partial charge >= 0.3 is 0 Å². The van der Waals surface area contributed by atoms with Gasteiger partial charge in [0, 0.05) is 6.54 Å². The summed E-state index contributed by atoms with van der Waals surface area (Å²) in [6.45, 7) is 5.27. The second-order valence-corrected chi connectivity index (χ2v) is 4.12. The van der Waals surface area contributed by atoms with E-state index in [4.69, 9.17) is 4.74 Å². The fourth-order valence-electron chi connectivity index (χ4n) is 1.80. The zero-order valence-corrected chi connectivity index (χ0v) is 10.6. The van der Waals surface area contributed by atoms with E-state index >= 15 is 0 Å². The SMILES string of the molecule is CCn1cncc1COc1ccc(C)cc1C=O. The fraction of sp³-hybridized carbons (Fsp3) is 0.286. The number of aldehydes is 1. The minimum absolute atomic E-state index is 0.414. The van der Waals surface area contributed by atoms with E-state index in [0.29, 0.717) is 17.9 Å². The van der Waals surface area contributed by atoms with E-state index in [9.17, 15) is 4.79 Å². The van der Waals surface area contributed by atoms with Crippen molar-refractivity contribution < 1.29 is 9.53 Å². The topological polar surface area (TPSA) is 44.1 Å². The van der Waals surface area contributed by atoms with Gasteiger partial charge in [0.25, 0.3) is 0 Å². The molecule has 0 saturated heterocycles. The van der Waals surface area contributed by atoms with Crippen LogP contribution >= 0.6 is 0 Å². The van der Waals surface area contributed by atoms with E-state index in [1.54, 1.807) is 12.5 Å². The number of nitrogens with zero attached hydrogens (tertiary/aromatic N) is 2. The molecule has 18 heavy (non-hydrogen) atoms. The zero-order valence-electron chi connectivity index (χ0n) is 10.6.